The van der Waals surface area contributed by atoms with E-state index in [0.717, 1.165) is 19.7 Å². The Morgan fingerprint density at radius 1 is 1.14 bits per heavy atom. The summed E-state index contributed by atoms with van der Waals surface area (Å²) in [6.45, 7) is 6.71. The summed E-state index contributed by atoms with van der Waals surface area (Å²) >= 11 is 0. The van der Waals surface area contributed by atoms with Crippen LogP contribution in [0.15, 0.2) is 24.5 Å². The van der Waals surface area contributed by atoms with Crippen LogP contribution in [0.25, 0.3) is 0 Å². The van der Waals surface area contributed by atoms with Crippen LogP contribution in [-0.2, 0) is 11.3 Å². The molecule has 1 spiro atoms. The highest BCUT2D eigenvalue weighted by Crippen LogP contribution is 2.38. The largest absolute Gasteiger partial charge is 0.383 e. The van der Waals surface area contributed by atoms with Gasteiger partial charge in [-0.05, 0) is 49.9 Å². The summed E-state index contributed by atoms with van der Waals surface area (Å²) in [5.41, 5.74) is 1.84. The highest BCUT2D eigenvalue weighted by Gasteiger charge is 2.42. The molecule has 3 heterocycles. The second-order valence-electron chi connectivity index (χ2n) is 6.44. The Morgan fingerprint density at radius 2 is 1.90 bits per heavy atom. The molecule has 3 rings (SSSR count). The Labute approximate surface area is 128 Å². The predicted octanol–water partition coefficient (Wildman–Crippen LogP) is 2.16. The van der Waals surface area contributed by atoms with Crippen molar-refractivity contribution in [1.82, 2.24) is 14.8 Å². The van der Waals surface area contributed by atoms with Crippen LogP contribution in [0.1, 0.15) is 31.2 Å². The van der Waals surface area contributed by atoms with Gasteiger partial charge in [0, 0.05) is 51.2 Å². The Balaban J connectivity index is 1.54. The molecular weight excluding hydrogens is 262 g/mol. The van der Waals surface area contributed by atoms with E-state index in [1.54, 1.807) is 7.11 Å². The molecule has 116 valence electrons. The van der Waals surface area contributed by atoms with Crippen molar-refractivity contribution >= 4 is 0 Å². The molecule has 0 radical (unpaired) electrons. The highest BCUT2D eigenvalue weighted by molar-refractivity contribution is 5.10. The zero-order valence-corrected chi connectivity index (χ0v) is 13.1. The third kappa shape index (κ3) is 3.44. The van der Waals surface area contributed by atoms with Gasteiger partial charge >= 0.3 is 0 Å². The number of aromatic nitrogens is 1. The van der Waals surface area contributed by atoms with Crippen molar-refractivity contribution in [2.24, 2.45) is 0 Å². The number of nitrogens with zero attached hydrogens (tertiary/aromatic N) is 3. The van der Waals surface area contributed by atoms with Crippen LogP contribution in [0.3, 0.4) is 0 Å². The number of hydrogen-bond acceptors (Lipinski definition) is 4. The molecule has 0 atom stereocenters. The topological polar surface area (TPSA) is 28.6 Å². The lowest BCUT2D eigenvalue weighted by Gasteiger charge is -2.45. The number of methoxy groups -OCH3 is 1. The minimum Gasteiger partial charge on any atom is -0.383 e. The highest BCUT2D eigenvalue weighted by atomic mass is 16.5. The third-order valence-corrected chi connectivity index (χ3v) is 5.25. The molecule has 0 unspecified atom stereocenters. The van der Waals surface area contributed by atoms with Crippen molar-refractivity contribution in [2.75, 3.05) is 39.9 Å². The van der Waals surface area contributed by atoms with E-state index in [1.807, 2.05) is 12.4 Å². The van der Waals surface area contributed by atoms with Gasteiger partial charge in [0.2, 0.25) is 0 Å². The fraction of sp³-hybridized carbons (Fsp3) is 0.706. The molecule has 21 heavy (non-hydrogen) atoms. The van der Waals surface area contributed by atoms with Crippen LogP contribution in [-0.4, -0.2) is 60.2 Å². The van der Waals surface area contributed by atoms with Crippen LogP contribution in [0.5, 0.6) is 0 Å². The van der Waals surface area contributed by atoms with Crippen LogP contribution in [0, 0.1) is 0 Å². The fourth-order valence-corrected chi connectivity index (χ4v) is 3.98. The van der Waals surface area contributed by atoms with E-state index in [4.69, 9.17) is 4.74 Å². The molecule has 1 aromatic heterocycles. The van der Waals surface area contributed by atoms with Gasteiger partial charge in [-0.15, -0.1) is 0 Å². The number of hydrogen-bond donors (Lipinski definition) is 0. The zero-order valence-electron chi connectivity index (χ0n) is 13.1. The number of piperidine rings is 1. The SMILES string of the molecule is COCCN1CCCC12CCN(Cc1ccncc1)CC2. The monoisotopic (exact) mass is 289 g/mol. The summed E-state index contributed by atoms with van der Waals surface area (Å²) in [5, 5.41) is 0. The Kier molecular flexibility index (Phi) is 4.88. The minimum atomic E-state index is 0.466. The quantitative estimate of drug-likeness (QED) is 0.830. The first-order valence-electron chi connectivity index (χ1n) is 8.18. The summed E-state index contributed by atoms with van der Waals surface area (Å²) < 4.78 is 5.28. The van der Waals surface area contributed by atoms with Gasteiger partial charge in [-0.25, -0.2) is 0 Å². The Hall–Kier alpha value is -0.970. The summed E-state index contributed by atoms with van der Waals surface area (Å²) in [7, 11) is 1.81. The van der Waals surface area contributed by atoms with Crippen molar-refractivity contribution < 1.29 is 4.74 Å². The van der Waals surface area contributed by atoms with E-state index in [1.165, 1.54) is 50.9 Å². The standard InChI is InChI=1S/C17H27N3O/c1-21-14-13-20-10-2-5-17(20)6-11-19(12-7-17)15-16-3-8-18-9-4-16/h3-4,8-9H,2,5-7,10-15H2,1H3. The van der Waals surface area contributed by atoms with Crippen LogP contribution in [0.4, 0.5) is 0 Å². The normalized spacial score (nSPS) is 22.9. The van der Waals surface area contributed by atoms with E-state index in [2.05, 4.69) is 26.9 Å². The number of ether oxygens (including phenoxy) is 1. The smallest absolute Gasteiger partial charge is 0.0589 e. The molecule has 0 saturated carbocycles. The number of pyridine rings is 1. The second-order valence-corrected chi connectivity index (χ2v) is 6.44. The van der Waals surface area contributed by atoms with Gasteiger partial charge in [0.1, 0.15) is 0 Å². The first-order valence-corrected chi connectivity index (χ1v) is 8.18. The average molecular weight is 289 g/mol. The number of likely N-dealkylation sites (tertiary alicyclic amines) is 2. The predicted molar refractivity (Wildman–Crippen MR) is 84.2 cm³/mol. The van der Waals surface area contributed by atoms with Crippen molar-refractivity contribution in [1.29, 1.82) is 0 Å². The van der Waals surface area contributed by atoms with E-state index < -0.39 is 0 Å². The Morgan fingerprint density at radius 3 is 2.62 bits per heavy atom. The average Bonchev–Trinajstić information content (AvgIpc) is 2.91. The minimum absolute atomic E-state index is 0.466. The summed E-state index contributed by atoms with van der Waals surface area (Å²) in [4.78, 5) is 9.38. The molecule has 2 fully saturated rings. The lowest BCUT2D eigenvalue weighted by molar-refractivity contribution is 0.0332. The van der Waals surface area contributed by atoms with E-state index in [9.17, 15) is 0 Å². The van der Waals surface area contributed by atoms with Crippen molar-refractivity contribution in [3.8, 4) is 0 Å². The fourth-order valence-electron chi connectivity index (χ4n) is 3.98. The van der Waals surface area contributed by atoms with Gasteiger partial charge in [-0.2, -0.15) is 0 Å². The van der Waals surface area contributed by atoms with Crippen molar-refractivity contribution in [3.63, 3.8) is 0 Å². The summed E-state index contributed by atoms with van der Waals surface area (Å²) in [5.74, 6) is 0. The molecule has 2 aliphatic heterocycles. The van der Waals surface area contributed by atoms with Gasteiger partial charge in [-0.3, -0.25) is 14.8 Å². The molecule has 1 aromatic rings. The van der Waals surface area contributed by atoms with Crippen molar-refractivity contribution in [3.05, 3.63) is 30.1 Å². The molecule has 4 nitrogen and oxygen atoms in total. The molecule has 4 heteroatoms. The summed E-state index contributed by atoms with van der Waals surface area (Å²) in [6.07, 6.45) is 9.13. The maximum absolute atomic E-state index is 5.28. The van der Waals surface area contributed by atoms with Gasteiger partial charge in [0.05, 0.1) is 6.61 Å². The van der Waals surface area contributed by atoms with E-state index >= 15 is 0 Å². The molecule has 0 aliphatic carbocycles. The first-order chi connectivity index (χ1) is 10.3. The molecule has 0 N–H and O–H groups in total. The van der Waals surface area contributed by atoms with Gasteiger partial charge in [-0.1, -0.05) is 0 Å². The molecule has 2 saturated heterocycles. The second kappa shape index (κ2) is 6.86. The summed E-state index contributed by atoms with van der Waals surface area (Å²) in [6, 6.07) is 4.26. The van der Waals surface area contributed by atoms with Crippen LogP contribution in [0.2, 0.25) is 0 Å². The molecule has 0 amide bonds. The van der Waals surface area contributed by atoms with Crippen LogP contribution >= 0.6 is 0 Å². The van der Waals surface area contributed by atoms with E-state index in [0.29, 0.717) is 5.54 Å². The number of rotatable bonds is 5. The molecule has 0 bridgehead atoms. The van der Waals surface area contributed by atoms with Crippen LogP contribution < -0.4 is 0 Å². The molecular formula is C17H27N3O. The van der Waals surface area contributed by atoms with Gasteiger partial charge in [0.25, 0.3) is 0 Å². The first kappa shape index (κ1) is 14.9. The zero-order chi connectivity index (χ0) is 14.5. The molecule has 2 aliphatic rings. The lowest BCUT2D eigenvalue weighted by Crippen LogP contribution is -2.52. The third-order valence-electron chi connectivity index (χ3n) is 5.25. The van der Waals surface area contributed by atoms with Gasteiger partial charge < -0.3 is 4.74 Å². The lowest BCUT2D eigenvalue weighted by atomic mass is 9.85. The maximum atomic E-state index is 5.28. The van der Waals surface area contributed by atoms with E-state index in [-0.39, 0.29) is 0 Å². The molecule has 0 aromatic carbocycles. The van der Waals surface area contributed by atoms with Crippen molar-refractivity contribution in [2.45, 2.75) is 37.8 Å². The maximum Gasteiger partial charge on any atom is 0.0589 e. The Bertz CT molecular complexity index is 429. The van der Waals surface area contributed by atoms with Gasteiger partial charge in [0.15, 0.2) is 0 Å².